The SMILES string of the molecule is C[C@@H](CCOc1cnn(C)c1)OCc1ccccc1. The third-order valence-corrected chi connectivity index (χ3v) is 2.85. The summed E-state index contributed by atoms with van der Waals surface area (Å²) in [4.78, 5) is 0. The fourth-order valence-corrected chi connectivity index (χ4v) is 1.71. The Labute approximate surface area is 114 Å². The molecular formula is C15H20N2O2. The molecule has 0 aliphatic heterocycles. The van der Waals surface area contributed by atoms with Gasteiger partial charge in [0.15, 0.2) is 5.75 Å². The average Bonchev–Trinajstić information content (AvgIpc) is 2.83. The van der Waals surface area contributed by atoms with Crippen LogP contribution in [0.5, 0.6) is 5.75 Å². The molecule has 0 radical (unpaired) electrons. The van der Waals surface area contributed by atoms with Gasteiger partial charge in [-0.05, 0) is 12.5 Å². The molecule has 4 heteroatoms. The Morgan fingerprint density at radius 2 is 2.05 bits per heavy atom. The quantitative estimate of drug-likeness (QED) is 0.768. The minimum atomic E-state index is 0.178. The molecule has 0 aliphatic rings. The van der Waals surface area contributed by atoms with E-state index in [0.717, 1.165) is 12.2 Å². The molecule has 4 nitrogen and oxygen atoms in total. The molecule has 1 atom stereocenters. The maximum atomic E-state index is 5.77. The van der Waals surface area contributed by atoms with E-state index in [1.165, 1.54) is 5.56 Å². The molecule has 1 aromatic carbocycles. The van der Waals surface area contributed by atoms with Crippen molar-refractivity contribution in [2.45, 2.75) is 26.1 Å². The highest BCUT2D eigenvalue weighted by Crippen LogP contribution is 2.09. The highest BCUT2D eigenvalue weighted by Gasteiger charge is 2.04. The Bertz CT molecular complexity index is 482. The fourth-order valence-electron chi connectivity index (χ4n) is 1.71. The number of rotatable bonds is 7. The number of aryl methyl sites for hydroxylation is 1. The maximum absolute atomic E-state index is 5.77. The van der Waals surface area contributed by atoms with Gasteiger partial charge in [0.2, 0.25) is 0 Å². The molecule has 0 fully saturated rings. The minimum Gasteiger partial charge on any atom is -0.490 e. The van der Waals surface area contributed by atoms with Crippen molar-refractivity contribution in [3.05, 3.63) is 48.3 Å². The molecule has 0 aliphatic carbocycles. The van der Waals surface area contributed by atoms with Crippen LogP contribution in [0.15, 0.2) is 42.7 Å². The predicted molar refractivity (Wildman–Crippen MR) is 74.0 cm³/mol. The van der Waals surface area contributed by atoms with Crippen molar-refractivity contribution in [2.75, 3.05) is 6.61 Å². The van der Waals surface area contributed by atoms with Crippen LogP contribution in [-0.4, -0.2) is 22.5 Å². The summed E-state index contributed by atoms with van der Waals surface area (Å²) in [6, 6.07) is 10.2. The van der Waals surface area contributed by atoms with Crippen LogP contribution in [0.1, 0.15) is 18.9 Å². The zero-order chi connectivity index (χ0) is 13.5. The molecule has 19 heavy (non-hydrogen) atoms. The van der Waals surface area contributed by atoms with Crippen molar-refractivity contribution in [2.24, 2.45) is 7.05 Å². The van der Waals surface area contributed by atoms with Crippen LogP contribution >= 0.6 is 0 Å². The second-order valence-corrected chi connectivity index (χ2v) is 4.59. The predicted octanol–water partition coefficient (Wildman–Crippen LogP) is 2.79. The molecule has 0 N–H and O–H groups in total. The Balaban J connectivity index is 1.63. The van der Waals surface area contributed by atoms with Gasteiger partial charge in [0.05, 0.1) is 31.7 Å². The van der Waals surface area contributed by atoms with E-state index in [0.29, 0.717) is 13.2 Å². The Kier molecular flexibility index (Phi) is 4.98. The van der Waals surface area contributed by atoms with Crippen molar-refractivity contribution in [3.8, 4) is 5.75 Å². The molecule has 2 aromatic rings. The van der Waals surface area contributed by atoms with Crippen molar-refractivity contribution in [3.63, 3.8) is 0 Å². The van der Waals surface area contributed by atoms with Crippen LogP contribution in [0, 0.1) is 0 Å². The van der Waals surface area contributed by atoms with Gasteiger partial charge in [0.25, 0.3) is 0 Å². The first-order chi connectivity index (χ1) is 9.24. The Morgan fingerprint density at radius 1 is 1.26 bits per heavy atom. The molecule has 102 valence electrons. The lowest BCUT2D eigenvalue weighted by Gasteiger charge is -2.13. The van der Waals surface area contributed by atoms with E-state index in [-0.39, 0.29) is 6.10 Å². The summed E-state index contributed by atoms with van der Waals surface area (Å²) in [7, 11) is 1.87. The maximum Gasteiger partial charge on any atom is 0.157 e. The van der Waals surface area contributed by atoms with Crippen LogP contribution in [0.3, 0.4) is 0 Å². The van der Waals surface area contributed by atoms with E-state index in [9.17, 15) is 0 Å². The first-order valence-electron chi connectivity index (χ1n) is 6.51. The van der Waals surface area contributed by atoms with Crippen molar-refractivity contribution in [1.29, 1.82) is 0 Å². The molecule has 0 amide bonds. The van der Waals surface area contributed by atoms with Gasteiger partial charge in [0.1, 0.15) is 0 Å². The molecule has 0 saturated heterocycles. The number of hydrogen-bond donors (Lipinski definition) is 0. The second-order valence-electron chi connectivity index (χ2n) is 4.59. The van der Waals surface area contributed by atoms with Gasteiger partial charge < -0.3 is 9.47 Å². The summed E-state index contributed by atoms with van der Waals surface area (Å²) in [6.07, 6.45) is 4.61. The summed E-state index contributed by atoms with van der Waals surface area (Å²) in [6.45, 7) is 3.35. The normalized spacial score (nSPS) is 12.3. The number of benzene rings is 1. The number of hydrogen-bond acceptors (Lipinski definition) is 3. The summed E-state index contributed by atoms with van der Waals surface area (Å²) < 4.78 is 13.1. The number of nitrogens with zero attached hydrogens (tertiary/aromatic N) is 2. The fraction of sp³-hybridized carbons (Fsp3) is 0.400. The number of aromatic nitrogens is 2. The van der Waals surface area contributed by atoms with Gasteiger partial charge >= 0.3 is 0 Å². The Hall–Kier alpha value is -1.81. The Morgan fingerprint density at radius 3 is 2.74 bits per heavy atom. The molecule has 2 rings (SSSR count). The van der Waals surface area contributed by atoms with Crippen LogP contribution in [0.2, 0.25) is 0 Å². The first kappa shape index (κ1) is 13.6. The van der Waals surface area contributed by atoms with Crippen molar-refractivity contribution < 1.29 is 9.47 Å². The molecule has 0 bridgehead atoms. The van der Waals surface area contributed by atoms with E-state index >= 15 is 0 Å². The van der Waals surface area contributed by atoms with Gasteiger partial charge in [0, 0.05) is 13.5 Å². The summed E-state index contributed by atoms with van der Waals surface area (Å²) >= 11 is 0. The van der Waals surface area contributed by atoms with E-state index in [1.807, 2.05) is 31.4 Å². The summed E-state index contributed by atoms with van der Waals surface area (Å²) in [5, 5.41) is 4.05. The molecule has 0 saturated carbocycles. The van der Waals surface area contributed by atoms with Crippen molar-refractivity contribution >= 4 is 0 Å². The zero-order valence-corrected chi connectivity index (χ0v) is 11.5. The van der Waals surface area contributed by atoms with Gasteiger partial charge in [-0.1, -0.05) is 30.3 Å². The van der Waals surface area contributed by atoms with Gasteiger partial charge in [-0.2, -0.15) is 5.10 Å². The standard InChI is InChI=1S/C15H20N2O2/c1-13(19-12-14-6-4-3-5-7-14)8-9-18-15-10-16-17(2)11-15/h3-7,10-11,13H,8-9,12H2,1-2H3/t13-/m0/s1. The van der Waals surface area contributed by atoms with E-state index in [4.69, 9.17) is 9.47 Å². The second kappa shape index (κ2) is 6.95. The van der Waals surface area contributed by atoms with Crippen molar-refractivity contribution in [1.82, 2.24) is 9.78 Å². The first-order valence-corrected chi connectivity index (χ1v) is 6.51. The van der Waals surface area contributed by atoms with Crippen LogP contribution in [0.25, 0.3) is 0 Å². The van der Waals surface area contributed by atoms with Crippen LogP contribution in [0.4, 0.5) is 0 Å². The van der Waals surface area contributed by atoms with Crippen LogP contribution in [-0.2, 0) is 18.4 Å². The summed E-state index contributed by atoms with van der Waals surface area (Å²) in [5.74, 6) is 0.803. The molecule has 1 aromatic heterocycles. The van der Waals surface area contributed by atoms with Crippen LogP contribution < -0.4 is 4.74 Å². The average molecular weight is 260 g/mol. The lowest BCUT2D eigenvalue weighted by molar-refractivity contribution is 0.0386. The van der Waals surface area contributed by atoms with E-state index < -0.39 is 0 Å². The van der Waals surface area contributed by atoms with E-state index in [2.05, 4.69) is 24.2 Å². The minimum absolute atomic E-state index is 0.178. The third-order valence-electron chi connectivity index (χ3n) is 2.85. The van der Waals surface area contributed by atoms with E-state index in [1.54, 1.807) is 10.9 Å². The summed E-state index contributed by atoms with van der Waals surface area (Å²) in [5.41, 5.74) is 1.20. The molecule has 0 unspecified atom stereocenters. The van der Waals surface area contributed by atoms with Gasteiger partial charge in [-0.3, -0.25) is 4.68 Å². The topological polar surface area (TPSA) is 36.3 Å². The monoisotopic (exact) mass is 260 g/mol. The third kappa shape index (κ3) is 4.75. The molecule has 1 heterocycles. The highest BCUT2D eigenvalue weighted by atomic mass is 16.5. The van der Waals surface area contributed by atoms with Gasteiger partial charge in [-0.25, -0.2) is 0 Å². The highest BCUT2D eigenvalue weighted by molar-refractivity contribution is 5.13. The molecular weight excluding hydrogens is 240 g/mol. The lowest BCUT2D eigenvalue weighted by atomic mass is 10.2. The van der Waals surface area contributed by atoms with Gasteiger partial charge in [-0.15, -0.1) is 0 Å². The largest absolute Gasteiger partial charge is 0.490 e. The number of ether oxygens (including phenoxy) is 2. The lowest BCUT2D eigenvalue weighted by Crippen LogP contribution is -2.12. The molecule has 0 spiro atoms. The smallest absolute Gasteiger partial charge is 0.157 e. The zero-order valence-electron chi connectivity index (χ0n) is 11.5.